The SMILES string of the molecule is c1cc2c(cc1-c1cc3c(cn1)C1CCC3CC1)C1CCC2CC1. The Hall–Kier alpha value is -1.63. The summed E-state index contributed by atoms with van der Waals surface area (Å²) < 4.78 is 0. The van der Waals surface area contributed by atoms with Gasteiger partial charge in [0.25, 0.3) is 0 Å². The molecule has 0 amide bonds. The van der Waals surface area contributed by atoms with Gasteiger partial charge in [0.15, 0.2) is 0 Å². The molecule has 1 nitrogen and oxygen atoms in total. The van der Waals surface area contributed by atoms with Crippen LogP contribution in [0.1, 0.15) is 97.3 Å². The van der Waals surface area contributed by atoms with E-state index in [-0.39, 0.29) is 0 Å². The summed E-state index contributed by atoms with van der Waals surface area (Å²) in [4.78, 5) is 4.89. The summed E-state index contributed by atoms with van der Waals surface area (Å²) in [6, 6.07) is 9.69. The lowest BCUT2D eigenvalue weighted by Crippen LogP contribution is -2.22. The third-order valence-corrected chi connectivity index (χ3v) is 7.56. The van der Waals surface area contributed by atoms with Crippen molar-refractivity contribution in [2.75, 3.05) is 0 Å². The van der Waals surface area contributed by atoms with Gasteiger partial charge in [-0.15, -0.1) is 0 Å². The van der Waals surface area contributed by atoms with E-state index < -0.39 is 0 Å². The van der Waals surface area contributed by atoms with Crippen LogP contribution in [0, 0.1) is 0 Å². The second kappa shape index (κ2) is 4.94. The van der Waals surface area contributed by atoms with Gasteiger partial charge in [0.2, 0.25) is 0 Å². The van der Waals surface area contributed by atoms with Crippen molar-refractivity contribution in [3.8, 4) is 11.3 Å². The topological polar surface area (TPSA) is 12.9 Å². The molecule has 6 aliphatic carbocycles. The van der Waals surface area contributed by atoms with Gasteiger partial charge in [-0.25, -0.2) is 0 Å². The third-order valence-electron chi connectivity index (χ3n) is 7.56. The van der Waals surface area contributed by atoms with Crippen molar-refractivity contribution in [2.24, 2.45) is 0 Å². The van der Waals surface area contributed by atoms with Gasteiger partial charge in [-0.2, -0.15) is 0 Å². The number of rotatable bonds is 1. The van der Waals surface area contributed by atoms with Crippen molar-refractivity contribution in [3.05, 3.63) is 52.7 Å². The van der Waals surface area contributed by atoms with Gasteiger partial charge in [0.05, 0.1) is 5.69 Å². The molecule has 122 valence electrons. The number of benzene rings is 1. The molecule has 2 fully saturated rings. The van der Waals surface area contributed by atoms with Crippen LogP contribution in [-0.2, 0) is 0 Å². The maximum Gasteiger partial charge on any atom is 0.0705 e. The van der Waals surface area contributed by atoms with E-state index in [1.807, 2.05) is 0 Å². The first-order valence-corrected chi connectivity index (χ1v) is 10.0. The lowest BCUT2D eigenvalue weighted by molar-refractivity contribution is 0.357. The molecule has 0 unspecified atom stereocenters. The summed E-state index contributed by atoms with van der Waals surface area (Å²) in [6.45, 7) is 0. The van der Waals surface area contributed by atoms with E-state index >= 15 is 0 Å². The molecule has 4 bridgehead atoms. The minimum atomic E-state index is 0.797. The van der Waals surface area contributed by atoms with Gasteiger partial charge < -0.3 is 0 Å². The smallest absolute Gasteiger partial charge is 0.0705 e. The first kappa shape index (κ1) is 13.6. The van der Waals surface area contributed by atoms with Gasteiger partial charge in [-0.05, 0) is 109 Å². The Kier molecular flexibility index (Phi) is 2.81. The fourth-order valence-electron chi connectivity index (χ4n) is 6.22. The van der Waals surface area contributed by atoms with Crippen LogP contribution in [0.15, 0.2) is 30.5 Å². The van der Waals surface area contributed by atoms with Crippen LogP contribution in [0.25, 0.3) is 11.3 Å². The number of aromatic nitrogens is 1. The minimum Gasteiger partial charge on any atom is -0.256 e. The Bertz CT molecular complexity index is 735. The number of pyridine rings is 1. The highest BCUT2D eigenvalue weighted by Crippen LogP contribution is 2.51. The molecule has 1 heterocycles. The van der Waals surface area contributed by atoms with E-state index in [1.165, 1.54) is 62.6 Å². The molecule has 0 aliphatic heterocycles. The zero-order chi connectivity index (χ0) is 15.7. The van der Waals surface area contributed by atoms with E-state index in [0.29, 0.717) is 0 Å². The van der Waals surface area contributed by atoms with Crippen molar-refractivity contribution in [2.45, 2.75) is 75.0 Å². The quantitative estimate of drug-likeness (QED) is 0.605. The second-order valence-corrected chi connectivity index (χ2v) is 8.64. The van der Waals surface area contributed by atoms with Crippen LogP contribution >= 0.6 is 0 Å². The first-order valence-electron chi connectivity index (χ1n) is 10.0. The van der Waals surface area contributed by atoms with Gasteiger partial charge in [-0.1, -0.05) is 12.1 Å². The Labute approximate surface area is 144 Å². The average molecular weight is 315 g/mol. The molecule has 1 aromatic heterocycles. The highest BCUT2D eigenvalue weighted by Gasteiger charge is 2.34. The largest absolute Gasteiger partial charge is 0.256 e. The van der Waals surface area contributed by atoms with Crippen molar-refractivity contribution < 1.29 is 0 Å². The molecule has 0 atom stereocenters. The van der Waals surface area contributed by atoms with Crippen LogP contribution in [0.2, 0.25) is 0 Å². The maximum atomic E-state index is 4.89. The molecule has 2 aromatic rings. The lowest BCUT2D eigenvalue weighted by Gasteiger charge is -2.39. The normalized spacial score (nSPS) is 32.5. The Morgan fingerprint density at radius 2 is 1.12 bits per heavy atom. The fourth-order valence-corrected chi connectivity index (χ4v) is 6.22. The zero-order valence-electron chi connectivity index (χ0n) is 14.3. The lowest BCUT2D eigenvalue weighted by atomic mass is 9.66. The molecule has 6 aliphatic rings. The number of hydrogen-bond acceptors (Lipinski definition) is 1. The van der Waals surface area contributed by atoms with Gasteiger partial charge in [0, 0.05) is 11.8 Å². The van der Waals surface area contributed by atoms with Crippen LogP contribution < -0.4 is 0 Å². The minimum absolute atomic E-state index is 0.797. The molecule has 0 N–H and O–H groups in total. The second-order valence-electron chi connectivity index (χ2n) is 8.64. The molecule has 24 heavy (non-hydrogen) atoms. The number of fused-ring (bicyclic) bond motifs is 4. The van der Waals surface area contributed by atoms with Crippen molar-refractivity contribution >= 4 is 0 Å². The van der Waals surface area contributed by atoms with E-state index in [4.69, 9.17) is 4.98 Å². The average Bonchev–Trinajstić information content (AvgIpc) is 2.69. The van der Waals surface area contributed by atoms with Crippen LogP contribution in [0.5, 0.6) is 0 Å². The Morgan fingerprint density at radius 1 is 0.583 bits per heavy atom. The van der Waals surface area contributed by atoms with Gasteiger partial charge in [0.1, 0.15) is 0 Å². The molecular weight excluding hydrogens is 290 g/mol. The molecule has 1 heteroatoms. The predicted octanol–water partition coefficient (Wildman–Crippen LogP) is 6.26. The molecular formula is C23H25N. The summed E-state index contributed by atoms with van der Waals surface area (Å²) in [6.07, 6.45) is 13.4. The Morgan fingerprint density at radius 3 is 1.79 bits per heavy atom. The highest BCUT2D eigenvalue weighted by molar-refractivity contribution is 5.64. The highest BCUT2D eigenvalue weighted by atomic mass is 14.7. The molecule has 0 spiro atoms. The fraction of sp³-hybridized carbons (Fsp3) is 0.522. The van der Waals surface area contributed by atoms with Gasteiger partial charge in [-0.3, -0.25) is 4.98 Å². The predicted molar refractivity (Wildman–Crippen MR) is 97.6 cm³/mol. The standard InChI is InChI=1S/C23H25N/c1-3-15-4-2-14(1)19-10-9-18(11-20(15)19)23-12-21-16-5-7-17(8-6-16)22(21)13-24-23/h9-17H,1-8H2. The molecule has 0 saturated heterocycles. The summed E-state index contributed by atoms with van der Waals surface area (Å²) in [5, 5.41) is 0. The molecule has 0 radical (unpaired) electrons. The summed E-state index contributed by atoms with van der Waals surface area (Å²) in [5.74, 6) is 3.26. The summed E-state index contributed by atoms with van der Waals surface area (Å²) in [5.41, 5.74) is 9.06. The number of nitrogens with zero attached hydrogens (tertiary/aromatic N) is 1. The van der Waals surface area contributed by atoms with E-state index in [1.54, 1.807) is 22.3 Å². The zero-order valence-corrected chi connectivity index (χ0v) is 14.3. The summed E-state index contributed by atoms with van der Waals surface area (Å²) in [7, 11) is 0. The molecule has 2 saturated carbocycles. The number of hydrogen-bond donors (Lipinski definition) is 0. The van der Waals surface area contributed by atoms with Crippen molar-refractivity contribution in [1.29, 1.82) is 0 Å². The van der Waals surface area contributed by atoms with Crippen molar-refractivity contribution in [3.63, 3.8) is 0 Å². The summed E-state index contributed by atoms with van der Waals surface area (Å²) >= 11 is 0. The molecule has 1 aromatic carbocycles. The van der Waals surface area contributed by atoms with Crippen molar-refractivity contribution in [1.82, 2.24) is 4.98 Å². The van der Waals surface area contributed by atoms with Gasteiger partial charge >= 0.3 is 0 Å². The monoisotopic (exact) mass is 315 g/mol. The van der Waals surface area contributed by atoms with E-state index in [2.05, 4.69) is 30.5 Å². The van der Waals surface area contributed by atoms with E-state index in [9.17, 15) is 0 Å². The van der Waals surface area contributed by atoms with E-state index in [0.717, 1.165) is 23.7 Å². The Balaban J connectivity index is 1.44. The molecule has 8 rings (SSSR count). The maximum absolute atomic E-state index is 4.89. The first-order chi connectivity index (χ1) is 11.9. The van der Waals surface area contributed by atoms with Crippen LogP contribution in [0.3, 0.4) is 0 Å². The van der Waals surface area contributed by atoms with Crippen LogP contribution in [-0.4, -0.2) is 4.98 Å². The third kappa shape index (κ3) is 1.84. The van der Waals surface area contributed by atoms with Crippen LogP contribution in [0.4, 0.5) is 0 Å².